The van der Waals surface area contributed by atoms with Gasteiger partial charge in [0.15, 0.2) is 0 Å². The fourth-order valence-electron chi connectivity index (χ4n) is 2.31. The molecule has 19 heavy (non-hydrogen) atoms. The van der Waals surface area contributed by atoms with Crippen molar-refractivity contribution in [3.63, 3.8) is 0 Å². The summed E-state index contributed by atoms with van der Waals surface area (Å²) in [6.07, 6.45) is 1.39. The minimum atomic E-state index is 0.439. The Bertz CT molecular complexity index is 602. The second-order valence-corrected chi connectivity index (χ2v) is 4.81. The number of hydrogen-bond acceptors (Lipinski definition) is 2. The zero-order chi connectivity index (χ0) is 13.8. The molecule has 0 bridgehead atoms. The van der Waals surface area contributed by atoms with Crippen LogP contribution in [0.2, 0.25) is 0 Å². The highest BCUT2D eigenvalue weighted by Crippen LogP contribution is 2.28. The highest BCUT2D eigenvalue weighted by molar-refractivity contribution is 5.73. The van der Waals surface area contributed by atoms with Gasteiger partial charge in [0, 0.05) is 19.2 Å². The molecule has 0 heterocycles. The lowest BCUT2D eigenvalue weighted by molar-refractivity contribution is -0.107. The number of hydrogen-bond donors (Lipinski definition) is 1. The lowest BCUT2D eigenvalue weighted by atomic mass is 9.96. The van der Waals surface area contributed by atoms with Gasteiger partial charge < -0.3 is 10.1 Å². The summed E-state index contributed by atoms with van der Waals surface area (Å²) in [4.78, 5) is 10.8. The van der Waals surface area contributed by atoms with E-state index in [-0.39, 0.29) is 0 Å². The molecule has 0 atom stereocenters. The van der Waals surface area contributed by atoms with Crippen LogP contribution in [-0.4, -0.2) is 13.3 Å². The minimum Gasteiger partial charge on any atom is -0.388 e. The first kappa shape index (κ1) is 13.3. The molecule has 0 amide bonds. The number of aldehydes is 1. The predicted molar refractivity (Wildman–Crippen MR) is 80.7 cm³/mol. The van der Waals surface area contributed by atoms with E-state index in [1.54, 1.807) is 0 Å². The number of carbonyl (C=O) groups is 1. The molecule has 0 radical (unpaired) electrons. The number of carbonyl (C=O) groups excluding carboxylic acids is 1. The van der Waals surface area contributed by atoms with Gasteiger partial charge in [0.25, 0.3) is 0 Å². The van der Waals surface area contributed by atoms with Crippen molar-refractivity contribution in [1.29, 1.82) is 0 Å². The van der Waals surface area contributed by atoms with E-state index >= 15 is 0 Å². The van der Waals surface area contributed by atoms with E-state index in [0.717, 1.165) is 23.1 Å². The Morgan fingerprint density at radius 3 is 2.58 bits per heavy atom. The molecule has 0 saturated carbocycles. The summed E-state index contributed by atoms with van der Waals surface area (Å²) in [6, 6.07) is 12.7. The molecule has 2 nitrogen and oxygen atoms in total. The van der Waals surface area contributed by atoms with Crippen molar-refractivity contribution >= 4 is 12.0 Å². The van der Waals surface area contributed by atoms with E-state index in [2.05, 4.69) is 49.5 Å². The zero-order valence-electron chi connectivity index (χ0n) is 11.7. The Balaban J connectivity index is 2.53. The van der Waals surface area contributed by atoms with Crippen LogP contribution in [0.15, 0.2) is 36.4 Å². The van der Waals surface area contributed by atoms with Crippen molar-refractivity contribution in [1.82, 2.24) is 0 Å². The molecule has 2 aromatic rings. The molecule has 0 saturated heterocycles. The van der Waals surface area contributed by atoms with Crippen LogP contribution in [0, 0.1) is 13.8 Å². The number of benzene rings is 2. The Kier molecular flexibility index (Phi) is 4.00. The van der Waals surface area contributed by atoms with Crippen molar-refractivity contribution in [3.8, 4) is 11.1 Å². The minimum absolute atomic E-state index is 0.439. The second-order valence-electron chi connectivity index (χ2n) is 4.81. The molecule has 1 N–H and O–H groups in total. The molecule has 98 valence electrons. The number of anilines is 1. The molecule has 0 aliphatic rings. The summed E-state index contributed by atoms with van der Waals surface area (Å²) in [5, 5.41) is 3.13. The quantitative estimate of drug-likeness (QED) is 0.841. The Hall–Kier alpha value is -2.09. The van der Waals surface area contributed by atoms with Crippen LogP contribution in [0.25, 0.3) is 11.1 Å². The normalized spacial score (nSPS) is 10.3. The standard InChI is InChI=1S/C17H19NO/c1-12-4-5-13(2)16(10-12)14-6-7-17(18-3)15(11-14)8-9-19/h4-7,9-11,18H,8H2,1-3H3. The molecule has 0 aliphatic carbocycles. The molecule has 2 aromatic carbocycles. The number of rotatable bonds is 4. The largest absolute Gasteiger partial charge is 0.388 e. The van der Waals surface area contributed by atoms with Gasteiger partial charge in [0.05, 0.1) is 0 Å². The van der Waals surface area contributed by atoms with E-state index in [1.807, 2.05) is 13.1 Å². The molecule has 2 heteroatoms. The van der Waals surface area contributed by atoms with E-state index < -0.39 is 0 Å². The topological polar surface area (TPSA) is 29.1 Å². The van der Waals surface area contributed by atoms with Crippen LogP contribution >= 0.6 is 0 Å². The van der Waals surface area contributed by atoms with Crippen molar-refractivity contribution in [2.24, 2.45) is 0 Å². The number of nitrogens with one attached hydrogen (secondary N) is 1. The summed E-state index contributed by atoms with van der Waals surface area (Å²) in [7, 11) is 1.88. The maximum Gasteiger partial charge on any atom is 0.124 e. The van der Waals surface area contributed by atoms with Gasteiger partial charge in [-0.1, -0.05) is 29.8 Å². The number of aryl methyl sites for hydroxylation is 2. The average Bonchev–Trinajstić information content (AvgIpc) is 2.42. The smallest absolute Gasteiger partial charge is 0.124 e. The molecule has 0 fully saturated rings. The fourth-order valence-corrected chi connectivity index (χ4v) is 2.31. The zero-order valence-corrected chi connectivity index (χ0v) is 11.7. The summed E-state index contributed by atoms with van der Waals surface area (Å²) < 4.78 is 0. The molecule has 0 aliphatic heterocycles. The van der Waals surface area contributed by atoms with Gasteiger partial charge in [0.1, 0.15) is 6.29 Å². The van der Waals surface area contributed by atoms with Gasteiger partial charge in [0.2, 0.25) is 0 Å². The maximum absolute atomic E-state index is 10.8. The van der Waals surface area contributed by atoms with Gasteiger partial charge in [-0.25, -0.2) is 0 Å². The molecule has 0 unspecified atom stereocenters. The summed E-state index contributed by atoms with van der Waals surface area (Å²) in [6.45, 7) is 4.21. The second kappa shape index (κ2) is 5.70. The van der Waals surface area contributed by atoms with E-state index in [0.29, 0.717) is 6.42 Å². The summed E-state index contributed by atoms with van der Waals surface area (Å²) >= 11 is 0. The summed E-state index contributed by atoms with van der Waals surface area (Å²) in [5.74, 6) is 0. The highest BCUT2D eigenvalue weighted by atomic mass is 16.1. The van der Waals surface area contributed by atoms with Gasteiger partial charge in [-0.05, 0) is 48.2 Å². The van der Waals surface area contributed by atoms with Crippen LogP contribution in [-0.2, 0) is 11.2 Å². The lowest BCUT2D eigenvalue weighted by Gasteiger charge is -2.12. The summed E-state index contributed by atoms with van der Waals surface area (Å²) in [5.41, 5.74) is 6.94. The Morgan fingerprint density at radius 1 is 1.11 bits per heavy atom. The van der Waals surface area contributed by atoms with Crippen LogP contribution in [0.4, 0.5) is 5.69 Å². The monoisotopic (exact) mass is 253 g/mol. The third-order valence-electron chi connectivity index (χ3n) is 3.38. The fraction of sp³-hybridized carbons (Fsp3) is 0.235. The Morgan fingerprint density at radius 2 is 1.89 bits per heavy atom. The molecule has 0 aromatic heterocycles. The third kappa shape index (κ3) is 2.84. The Labute approximate surface area is 114 Å². The average molecular weight is 253 g/mol. The highest BCUT2D eigenvalue weighted by Gasteiger charge is 2.06. The molecular formula is C17H19NO. The molecule has 0 spiro atoms. The first-order chi connectivity index (χ1) is 9.15. The third-order valence-corrected chi connectivity index (χ3v) is 3.38. The van der Waals surface area contributed by atoms with E-state index in [1.165, 1.54) is 16.7 Å². The van der Waals surface area contributed by atoms with Crippen molar-refractivity contribution in [2.75, 3.05) is 12.4 Å². The van der Waals surface area contributed by atoms with Crippen molar-refractivity contribution in [3.05, 3.63) is 53.1 Å². The van der Waals surface area contributed by atoms with Crippen LogP contribution in [0.3, 0.4) is 0 Å². The van der Waals surface area contributed by atoms with Crippen LogP contribution < -0.4 is 5.32 Å². The first-order valence-electron chi connectivity index (χ1n) is 6.47. The van der Waals surface area contributed by atoms with Gasteiger partial charge in [-0.15, -0.1) is 0 Å². The SMILES string of the molecule is CNc1ccc(-c2cc(C)ccc2C)cc1CC=O. The maximum atomic E-state index is 10.8. The van der Waals surface area contributed by atoms with Gasteiger partial charge in [-0.2, -0.15) is 0 Å². The molecular weight excluding hydrogens is 234 g/mol. The van der Waals surface area contributed by atoms with Crippen LogP contribution in [0.1, 0.15) is 16.7 Å². The van der Waals surface area contributed by atoms with Crippen molar-refractivity contribution < 1.29 is 4.79 Å². The molecule has 2 rings (SSSR count). The van der Waals surface area contributed by atoms with E-state index in [9.17, 15) is 4.79 Å². The van der Waals surface area contributed by atoms with E-state index in [4.69, 9.17) is 0 Å². The van der Waals surface area contributed by atoms with Gasteiger partial charge >= 0.3 is 0 Å². The van der Waals surface area contributed by atoms with Crippen molar-refractivity contribution in [2.45, 2.75) is 20.3 Å². The lowest BCUT2D eigenvalue weighted by Crippen LogP contribution is -1.97. The predicted octanol–water partition coefficient (Wildman–Crippen LogP) is 3.75. The van der Waals surface area contributed by atoms with Gasteiger partial charge in [-0.3, -0.25) is 0 Å². The van der Waals surface area contributed by atoms with Crippen LogP contribution in [0.5, 0.6) is 0 Å². The first-order valence-corrected chi connectivity index (χ1v) is 6.47.